The van der Waals surface area contributed by atoms with Crippen LogP contribution in [0.2, 0.25) is 0 Å². The maximum absolute atomic E-state index is 10.2. The molecule has 0 radical (unpaired) electrons. The number of carbonyl (C=O) groups is 1. The number of rotatable bonds is 6. The van der Waals surface area contributed by atoms with Crippen molar-refractivity contribution in [1.82, 2.24) is 5.32 Å². The van der Waals surface area contributed by atoms with E-state index in [-0.39, 0.29) is 17.1 Å². The van der Waals surface area contributed by atoms with Crippen molar-refractivity contribution in [2.45, 2.75) is 39.5 Å². The molecule has 0 bridgehead atoms. The standard InChI is InChI=1S/C9H19NO2.Fe/c1-3-5-6-8(4-2)7-10-9(11)12;/h8,10H,3-7H2,1-2H3,(H,11,12);. The number of hydrogen-bond acceptors (Lipinski definition) is 1. The van der Waals surface area contributed by atoms with Gasteiger partial charge in [-0.1, -0.05) is 33.1 Å². The Balaban J connectivity index is 0. The summed E-state index contributed by atoms with van der Waals surface area (Å²) < 4.78 is 0. The van der Waals surface area contributed by atoms with Gasteiger partial charge in [0.25, 0.3) is 0 Å². The van der Waals surface area contributed by atoms with Gasteiger partial charge in [-0.15, -0.1) is 0 Å². The van der Waals surface area contributed by atoms with Crippen molar-refractivity contribution < 1.29 is 27.0 Å². The van der Waals surface area contributed by atoms with E-state index in [0.717, 1.165) is 12.8 Å². The van der Waals surface area contributed by atoms with Gasteiger partial charge in [-0.3, -0.25) is 0 Å². The van der Waals surface area contributed by atoms with Crippen molar-refractivity contribution in [3.8, 4) is 0 Å². The molecule has 80 valence electrons. The molecule has 0 aromatic carbocycles. The molecule has 0 heterocycles. The topological polar surface area (TPSA) is 49.3 Å². The van der Waals surface area contributed by atoms with Gasteiger partial charge in [0.05, 0.1) is 0 Å². The third-order valence-electron chi connectivity index (χ3n) is 2.09. The molecule has 0 spiro atoms. The molecule has 0 rings (SSSR count). The van der Waals surface area contributed by atoms with Crippen LogP contribution in [-0.2, 0) is 17.1 Å². The summed E-state index contributed by atoms with van der Waals surface area (Å²) >= 11 is 0. The third kappa shape index (κ3) is 9.71. The van der Waals surface area contributed by atoms with Gasteiger partial charge < -0.3 is 10.4 Å². The van der Waals surface area contributed by atoms with Crippen LogP contribution < -0.4 is 5.32 Å². The first-order chi connectivity index (χ1) is 5.70. The van der Waals surface area contributed by atoms with Gasteiger partial charge in [0.1, 0.15) is 0 Å². The molecule has 13 heavy (non-hydrogen) atoms. The fourth-order valence-electron chi connectivity index (χ4n) is 1.17. The maximum atomic E-state index is 10.2. The Morgan fingerprint density at radius 2 is 2.08 bits per heavy atom. The maximum Gasteiger partial charge on any atom is 0.404 e. The van der Waals surface area contributed by atoms with Gasteiger partial charge in [-0.2, -0.15) is 0 Å². The zero-order valence-electron chi connectivity index (χ0n) is 8.32. The number of carboxylic acid groups (broad SMARTS) is 1. The van der Waals surface area contributed by atoms with Crippen molar-refractivity contribution in [2.24, 2.45) is 5.92 Å². The Morgan fingerprint density at radius 1 is 1.46 bits per heavy atom. The van der Waals surface area contributed by atoms with E-state index < -0.39 is 6.09 Å². The fourth-order valence-corrected chi connectivity index (χ4v) is 1.17. The molecule has 3 nitrogen and oxygen atoms in total. The van der Waals surface area contributed by atoms with Gasteiger partial charge >= 0.3 is 6.09 Å². The first-order valence-corrected chi connectivity index (χ1v) is 4.67. The SMILES string of the molecule is CCCCC(CC)CNC(=O)O.[Fe]. The predicted octanol–water partition coefficient (Wildman–Crippen LogP) is 2.47. The van der Waals surface area contributed by atoms with E-state index in [0.29, 0.717) is 12.5 Å². The molecular formula is C9H19FeNO2. The Bertz CT molecular complexity index is 131. The second kappa shape index (κ2) is 9.87. The molecule has 2 N–H and O–H groups in total. The van der Waals surface area contributed by atoms with E-state index in [1.165, 1.54) is 12.8 Å². The summed E-state index contributed by atoms with van der Waals surface area (Å²) in [4.78, 5) is 10.2. The van der Waals surface area contributed by atoms with E-state index in [4.69, 9.17) is 5.11 Å². The second-order valence-corrected chi connectivity index (χ2v) is 3.10. The summed E-state index contributed by atoms with van der Waals surface area (Å²) in [6.07, 6.45) is 3.65. The van der Waals surface area contributed by atoms with Crippen molar-refractivity contribution in [3.05, 3.63) is 0 Å². The minimum Gasteiger partial charge on any atom is -0.465 e. The molecule has 0 aliphatic rings. The molecule has 0 aliphatic carbocycles. The molecule has 0 aromatic heterocycles. The Labute approximate surface area is 90.8 Å². The van der Waals surface area contributed by atoms with E-state index in [1.54, 1.807) is 0 Å². The van der Waals surface area contributed by atoms with E-state index in [9.17, 15) is 4.79 Å². The van der Waals surface area contributed by atoms with Gasteiger partial charge in [-0.25, -0.2) is 4.79 Å². The first-order valence-electron chi connectivity index (χ1n) is 4.67. The van der Waals surface area contributed by atoms with Crippen LogP contribution in [0.1, 0.15) is 39.5 Å². The normalized spacial score (nSPS) is 11.5. The second-order valence-electron chi connectivity index (χ2n) is 3.10. The van der Waals surface area contributed by atoms with E-state index in [2.05, 4.69) is 19.2 Å². The average molecular weight is 229 g/mol. The number of unbranched alkanes of at least 4 members (excludes halogenated alkanes) is 1. The van der Waals surface area contributed by atoms with E-state index in [1.807, 2.05) is 0 Å². The zero-order valence-corrected chi connectivity index (χ0v) is 9.43. The smallest absolute Gasteiger partial charge is 0.404 e. The van der Waals surface area contributed by atoms with Crippen LogP contribution in [0.4, 0.5) is 4.79 Å². The van der Waals surface area contributed by atoms with Crippen molar-refractivity contribution in [3.63, 3.8) is 0 Å². The Kier molecular flexibility index (Phi) is 11.6. The summed E-state index contributed by atoms with van der Waals surface area (Å²) in [5.41, 5.74) is 0. The third-order valence-corrected chi connectivity index (χ3v) is 2.09. The Hall–Kier alpha value is -0.211. The molecule has 0 saturated heterocycles. The van der Waals surface area contributed by atoms with Crippen LogP contribution in [0.5, 0.6) is 0 Å². The average Bonchev–Trinajstić information content (AvgIpc) is 2.05. The van der Waals surface area contributed by atoms with Gasteiger partial charge in [0, 0.05) is 23.6 Å². The largest absolute Gasteiger partial charge is 0.465 e. The van der Waals surface area contributed by atoms with Crippen molar-refractivity contribution in [2.75, 3.05) is 6.54 Å². The molecular weight excluding hydrogens is 210 g/mol. The van der Waals surface area contributed by atoms with Crippen LogP contribution in [0, 0.1) is 5.92 Å². The van der Waals surface area contributed by atoms with Crippen LogP contribution in [0.15, 0.2) is 0 Å². The molecule has 1 atom stereocenters. The van der Waals surface area contributed by atoms with Gasteiger partial charge in [-0.05, 0) is 12.3 Å². The Morgan fingerprint density at radius 3 is 2.46 bits per heavy atom. The molecule has 1 amide bonds. The van der Waals surface area contributed by atoms with Gasteiger partial charge in [0.15, 0.2) is 0 Å². The minimum atomic E-state index is -0.912. The molecule has 1 unspecified atom stereocenters. The van der Waals surface area contributed by atoms with E-state index >= 15 is 0 Å². The summed E-state index contributed by atoms with van der Waals surface area (Å²) in [6, 6.07) is 0. The minimum absolute atomic E-state index is 0. The van der Waals surface area contributed by atoms with Crippen LogP contribution in [0.25, 0.3) is 0 Å². The summed E-state index contributed by atoms with van der Waals surface area (Å²) in [6.45, 7) is 4.85. The fraction of sp³-hybridized carbons (Fsp3) is 0.889. The molecule has 0 aromatic rings. The molecule has 0 saturated carbocycles. The first kappa shape index (κ1) is 15.3. The predicted molar refractivity (Wildman–Crippen MR) is 49.3 cm³/mol. The van der Waals surface area contributed by atoms with Crippen LogP contribution in [0.3, 0.4) is 0 Å². The molecule has 0 aliphatic heterocycles. The number of hydrogen-bond donors (Lipinski definition) is 2. The number of nitrogens with one attached hydrogen (secondary N) is 1. The van der Waals surface area contributed by atoms with Crippen LogP contribution in [-0.4, -0.2) is 17.7 Å². The van der Waals surface area contributed by atoms with Gasteiger partial charge in [0.2, 0.25) is 0 Å². The zero-order chi connectivity index (χ0) is 9.40. The molecule has 0 fully saturated rings. The van der Waals surface area contributed by atoms with Crippen molar-refractivity contribution >= 4 is 6.09 Å². The summed E-state index contributed by atoms with van der Waals surface area (Å²) in [7, 11) is 0. The molecule has 4 heteroatoms. The number of amides is 1. The summed E-state index contributed by atoms with van der Waals surface area (Å²) in [5, 5.41) is 10.8. The quantitative estimate of drug-likeness (QED) is 0.687. The summed E-state index contributed by atoms with van der Waals surface area (Å²) in [5.74, 6) is 0.515. The van der Waals surface area contributed by atoms with Crippen molar-refractivity contribution in [1.29, 1.82) is 0 Å². The monoisotopic (exact) mass is 229 g/mol. The van der Waals surface area contributed by atoms with Crippen LogP contribution >= 0.6 is 0 Å².